The van der Waals surface area contributed by atoms with Gasteiger partial charge >= 0.3 is 0 Å². The summed E-state index contributed by atoms with van der Waals surface area (Å²) >= 11 is 0. The van der Waals surface area contributed by atoms with Crippen LogP contribution in [0.3, 0.4) is 0 Å². The number of amides is 1. The fraction of sp³-hybridized carbons (Fsp3) is 0.923. The SMILES string of the molecule is CC(C)(C)CC(=O)N1CC(N2CCOCC2)C1. The number of hydrogen-bond donors (Lipinski definition) is 0. The van der Waals surface area contributed by atoms with Gasteiger partial charge < -0.3 is 9.64 Å². The monoisotopic (exact) mass is 240 g/mol. The smallest absolute Gasteiger partial charge is 0.223 e. The van der Waals surface area contributed by atoms with E-state index >= 15 is 0 Å². The van der Waals surface area contributed by atoms with Gasteiger partial charge in [0.25, 0.3) is 0 Å². The van der Waals surface area contributed by atoms with Gasteiger partial charge in [-0.05, 0) is 5.41 Å². The lowest BCUT2D eigenvalue weighted by Crippen LogP contribution is -2.63. The Morgan fingerprint density at radius 2 is 1.82 bits per heavy atom. The molecule has 2 aliphatic rings. The van der Waals surface area contributed by atoms with E-state index in [9.17, 15) is 4.79 Å². The Labute approximate surface area is 104 Å². The van der Waals surface area contributed by atoms with Crippen LogP contribution in [0.2, 0.25) is 0 Å². The highest BCUT2D eigenvalue weighted by Gasteiger charge is 2.36. The summed E-state index contributed by atoms with van der Waals surface area (Å²) in [7, 11) is 0. The van der Waals surface area contributed by atoms with Crippen molar-refractivity contribution in [1.29, 1.82) is 0 Å². The third-order valence-corrected chi connectivity index (χ3v) is 3.46. The van der Waals surface area contributed by atoms with Crippen LogP contribution in [0.5, 0.6) is 0 Å². The van der Waals surface area contributed by atoms with Gasteiger partial charge in [-0.3, -0.25) is 9.69 Å². The van der Waals surface area contributed by atoms with Gasteiger partial charge in [-0.2, -0.15) is 0 Å². The van der Waals surface area contributed by atoms with E-state index in [4.69, 9.17) is 4.74 Å². The van der Waals surface area contributed by atoms with Crippen molar-refractivity contribution in [2.75, 3.05) is 39.4 Å². The first-order valence-electron chi connectivity index (χ1n) is 6.55. The molecule has 2 heterocycles. The molecule has 2 fully saturated rings. The van der Waals surface area contributed by atoms with E-state index in [1.807, 2.05) is 4.90 Å². The first-order chi connectivity index (χ1) is 7.96. The molecular formula is C13H24N2O2. The summed E-state index contributed by atoms with van der Waals surface area (Å²) in [5.41, 5.74) is 0.0983. The minimum absolute atomic E-state index is 0.0983. The second-order valence-electron chi connectivity index (χ2n) is 6.34. The Hall–Kier alpha value is -0.610. The summed E-state index contributed by atoms with van der Waals surface area (Å²) in [6.45, 7) is 11.9. The van der Waals surface area contributed by atoms with E-state index in [-0.39, 0.29) is 5.41 Å². The summed E-state index contributed by atoms with van der Waals surface area (Å²) in [5.74, 6) is 0.307. The van der Waals surface area contributed by atoms with E-state index < -0.39 is 0 Å². The molecule has 0 bridgehead atoms. The molecule has 0 saturated carbocycles. The molecule has 0 unspecified atom stereocenters. The van der Waals surface area contributed by atoms with Crippen molar-refractivity contribution in [2.24, 2.45) is 5.41 Å². The largest absolute Gasteiger partial charge is 0.379 e. The van der Waals surface area contributed by atoms with Crippen molar-refractivity contribution in [3.05, 3.63) is 0 Å². The van der Waals surface area contributed by atoms with Crippen LogP contribution in [0.1, 0.15) is 27.2 Å². The number of morpholine rings is 1. The Morgan fingerprint density at radius 3 is 2.35 bits per heavy atom. The first-order valence-corrected chi connectivity index (χ1v) is 6.55. The normalized spacial score (nSPS) is 23.6. The molecule has 0 aromatic carbocycles. The highest BCUT2D eigenvalue weighted by molar-refractivity contribution is 5.77. The fourth-order valence-electron chi connectivity index (χ4n) is 2.40. The highest BCUT2D eigenvalue weighted by atomic mass is 16.5. The molecule has 4 nitrogen and oxygen atoms in total. The molecule has 2 rings (SSSR count). The summed E-state index contributed by atoms with van der Waals surface area (Å²) in [5, 5.41) is 0. The molecule has 17 heavy (non-hydrogen) atoms. The molecular weight excluding hydrogens is 216 g/mol. The first kappa shape index (κ1) is 12.8. The maximum atomic E-state index is 12.0. The number of rotatable bonds is 2. The van der Waals surface area contributed by atoms with Gasteiger partial charge in [-0.1, -0.05) is 20.8 Å². The molecule has 2 aliphatic heterocycles. The molecule has 0 spiro atoms. The number of carbonyl (C=O) groups excluding carboxylic acids is 1. The fourth-order valence-corrected chi connectivity index (χ4v) is 2.40. The quantitative estimate of drug-likeness (QED) is 0.721. The molecule has 0 N–H and O–H groups in total. The molecule has 0 atom stereocenters. The second kappa shape index (κ2) is 4.94. The van der Waals surface area contributed by atoms with Crippen molar-refractivity contribution in [1.82, 2.24) is 9.80 Å². The Morgan fingerprint density at radius 1 is 1.24 bits per heavy atom. The number of carbonyl (C=O) groups is 1. The zero-order valence-corrected chi connectivity index (χ0v) is 11.2. The Kier molecular flexibility index (Phi) is 3.73. The van der Waals surface area contributed by atoms with Gasteiger partial charge in [0.05, 0.1) is 13.2 Å². The maximum absolute atomic E-state index is 12.0. The summed E-state index contributed by atoms with van der Waals surface area (Å²) in [4.78, 5) is 16.4. The molecule has 0 aromatic rings. The lowest BCUT2D eigenvalue weighted by molar-refractivity contribution is -0.141. The highest BCUT2D eigenvalue weighted by Crippen LogP contribution is 2.23. The molecule has 4 heteroatoms. The van der Waals surface area contributed by atoms with Crippen molar-refractivity contribution in [2.45, 2.75) is 33.2 Å². The van der Waals surface area contributed by atoms with Gasteiger partial charge in [0.15, 0.2) is 0 Å². The topological polar surface area (TPSA) is 32.8 Å². The minimum atomic E-state index is 0.0983. The second-order valence-corrected chi connectivity index (χ2v) is 6.34. The zero-order chi connectivity index (χ0) is 12.5. The molecule has 0 radical (unpaired) electrons. The molecule has 0 aromatic heterocycles. The van der Waals surface area contributed by atoms with Gasteiger partial charge in [0, 0.05) is 38.6 Å². The minimum Gasteiger partial charge on any atom is -0.379 e. The van der Waals surface area contributed by atoms with Crippen LogP contribution in [-0.2, 0) is 9.53 Å². The molecule has 0 aliphatic carbocycles. The van der Waals surface area contributed by atoms with Crippen molar-refractivity contribution < 1.29 is 9.53 Å². The molecule has 98 valence electrons. The summed E-state index contributed by atoms with van der Waals surface area (Å²) in [6, 6.07) is 0.572. The van der Waals surface area contributed by atoms with E-state index in [1.54, 1.807) is 0 Å². The lowest BCUT2D eigenvalue weighted by atomic mass is 9.90. The average Bonchev–Trinajstić information content (AvgIpc) is 2.14. The van der Waals surface area contributed by atoms with Gasteiger partial charge in [-0.15, -0.1) is 0 Å². The molecule has 2 saturated heterocycles. The zero-order valence-electron chi connectivity index (χ0n) is 11.2. The number of nitrogens with zero attached hydrogens (tertiary/aromatic N) is 2. The van der Waals surface area contributed by atoms with Crippen LogP contribution >= 0.6 is 0 Å². The van der Waals surface area contributed by atoms with Gasteiger partial charge in [0.1, 0.15) is 0 Å². The van der Waals surface area contributed by atoms with Crippen LogP contribution in [0.4, 0.5) is 0 Å². The number of ether oxygens (including phenoxy) is 1. The lowest BCUT2D eigenvalue weighted by Gasteiger charge is -2.47. The van der Waals surface area contributed by atoms with Crippen LogP contribution in [0.25, 0.3) is 0 Å². The van der Waals surface area contributed by atoms with E-state index in [1.165, 1.54) is 0 Å². The average molecular weight is 240 g/mol. The number of hydrogen-bond acceptors (Lipinski definition) is 3. The van der Waals surface area contributed by atoms with Crippen LogP contribution < -0.4 is 0 Å². The summed E-state index contributed by atoms with van der Waals surface area (Å²) in [6.07, 6.45) is 0.656. The van der Waals surface area contributed by atoms with E-state index in [0.29, 0.717) is 18.4 Å². The van der Waals surface area contributed by atoms with Crippen LogP contribution in [0.15, 0.2) is 0 Å². The predicted octanol–water partition coefficient (Wildman–Crippen LogP) is 0.966. The number of likely N-dealkylation sites (tertiary alicyclic amines) is 1. The van der Waals surface area contributed by atoms with Crippen LogP contribution in [-0.4, -0.2) is 61.1 Å². The maximum Gasteiger partial charge on any atom is 0.223 e. The Bertz CT molecular complexity index is 274. The van der Waals surface area contributed by atoms with E-state index in [2.05, 4.69) is 25.7 Å². The third-order valence-electron chi connectivity index (χ3n) is 3.46. The molecule has 1 amide bonds. The predicted molar refractivity (Wildman–Crippen MR) is 66.8 cm³/mol. The summed E-state index contributed by atoms with van der Waals surface area (Å²) < 4.78 is 5.34. The van der Waals surface area contributed by atoms with Crippen LogP contribution in [0, 0.1) is 5.41 Å². The van der Waals surface area contributed by atoms with Crippen molar-refractivity contribution in [3.8, 4) is 0 Å². The third kappa shape index (κ3) is 3.42. The van der Waals surface area contributed by atoms with Gasteiger partial charge in [0.2, 0.25) is 5.91 Å². The van der Waals surface area contributed by atoms with Gasteiger partial charge in [-0.25, -0.2) is 0 Å². The van der Waals surface area contributed by atoms with Crippen molar-refractivity contribution >= 4 is 5.91 Å². The Balaban J connectivity index is 1.72. The van der Waals surface area contributed by atoms with E-state index in [0.717, 1.165) is 39.4 Å². The standard InChI is InChI=1S/C13H24N2O2/c1-13(2,3)8-12(16)15-9-11(10-15)14-4-6-17-7-5-14/h11H,4-10H2,1-3H3. The van der Waals surface area contributed by atoms with Crippen molar-refractivity contribution in [3.63, 3.8) is 0 Å².